The lowest BCUT2D eigenvalue weighted by atomic mass is 10.3. The minimum absolute atomic E-state index is 0.191. The Morgan fingerprint density at radius 1 is 1.73 bits per heavy atom. The van der Waals surface area contributed by atoms with Gasteiger partial charge in [0.05, 0.1) is 11.8 Å². The van der Waals surface area contributed by atoms with Gasteiger partial charge in [-0.2, -0.15) is 10.4 Å². The standard InChI is InChI=1S/C9H10N4O2/c1-2-13(6-8(14)15)9-7(5-10)3-4-11-12-9/h3-4H,2,6H2,1H3,(H,14,15). The van der Waals surface area contributed by atoms with E-state index in [-0.39, 0.29) is 6.54 Å². The van der Waals surface area contributed by atoms with E-state index in [2.05, 4.69) is 10.2 Å². The zero-order chi connectivity index (χ0) is 11.3. The third-order valence-corrected chi connectivity index (χ3v) is 1.83. The highest BCUT2D eigenvalue weighted by atomic mass is 16.4. The van der Waals surface area contributed by atoms with Gasteiger partial charge in [-0.25, -0.2) is 0 Å². The van der Waals surface area contributed by atoms with Crippen LogP contribution in [0.2, 0.25) is 0 Å². The van der Waals surface area contributed by atoms with Crippen LogP contribution in [0.15, 0.2) is 12.3 Å². The van der Waals surface area contributed by atoms with Crippen LogP contribution < -0.4 is 4.90 Å². The summed E-state index contributed by atoms with van der Waals surface area (Å²) in [7, 11) is 0. The van der Waals surface area contributed by atoms with Gasteiger partial charge in [0, 0.05) is 6.54 Å². The lowest BCUT2D eigenvalue weighted by molar-refractivity contribution is -0.135. The van der Waals surface area contributed by atoms with Crippen LogP contribution in [-0.2, 0) is 4.79 Å². The summed E-state index contributed by atoms with van der Waals surface area (Å²) in [5.74, 6) is -0.656. The number of carbonyl (C=O) groups is 1. The number of rotatable bonds is 4. The number of aromatic nitrogens is 2. The van der Waals surface area contributed by atoms with E-state index in [1.165, 1.54) is 17.2 Å². The van der Waals surface area contributed by atoms with Crippen LogP contribution in [0.3, 0.4) is 0 Å². The highest BCUT2D eigenvalue weighted by Gasteiger charge is 2.14. The van der Waals surface area contributed by atoms with Gasteiger partial charge < -0.3 is 10.0 Å². The predicted molar refractivity (Wildman–Crippen MR) is 52.3 cm³/mol. The van der Waals surface area contributed by atoms with Crippen molar-refractivity contribution in [3.63, 3.8) is 0 Å². The SMILES string of the molecule is CCN(CC(=O)O)c1nnccc1C#N. The highest BCUT2D eigenvalue weighted by molar-refractivity contribution is 5.74. The molecule has 0 fully saturated rings. The molecule has 0 spiro atoms. The molecule has 0 radical (unpaired) electrons. The Hall–Kier alpha value is -2.16. The first-order valence-electron chi connectivity index (χ1n) is 4.37. The number of nitrogens with zero attached hydrogens (tertiary/aromatic N) is 4. The summed E-state index contributed by atoms with van der Waals surface area (Å²) in [6.45, 7) is 2.06. The molecule has 0 aromatic carbocycles. The van der Waals surface area contributed by atoms with Crippen molar-refractivity contribution in [2.24, 2.45) is 0 Å². The van der Waals surface area contributed by atoms with Crippen molar-refractivity contribution in [2.45, 2.75) is 6.92 Å². The number of carboxylic acids is 1. The third-order valence-electron chi connectivity index (χ3n) is 1.83. The van der Waals surface area contributed by atoms with Crippen molar-refractivity contribution < 1.29 is 9.90 Å². The van der Waals surface area contributed by atoms with Gasteiger partial charge in [0.15, 0.2) is 5.82 Å². The zero-order valence-electron chi connectivity index (χ0n) is 8.21. The van der Waals surface area contributed by atoms with Crippen LogP contribution >= 0.6 is 0 Å². The van der Waals surface area contributed by atoms with Crippen molar-refractivity contribution in [1.29, 1.82) is 5.26 Å². The number of anilines is 1. The van der Waals surface area contributed by atoms with E-state index in [9.17, 15) is 4.79 Å². The molecule has 0 saturated carbocycles. The number of hydrogen-bond acceptors (Lipinski definition) is 5. The lowest BCUT2D eigenvalue weighted by Gasteiger charge is -2.19. The molecule has 15 heavy (non-hydrogen) atoms. The van der Waals surface area contributed by atoms with Crippen LogP contribution in [0.25, 0.3) is 0 Å². The molecule has 0 unspecified atom stereocenters. The van der Waals surface area contributed by atoms with E-state index in [1.54, 1.807) is 6.92 Å². The highest BCUT2D eigenvalue weighted by Crippen LogP contribution is 2.14. The summed E-state index contributed by atoms with van der Waals surface area (Å²) < 4.78 is 0. The Balaban J connectivity index is 3.01. The molecule has 0 aliphatic carbocycles. The normalized spacial score (nSPS) is 9.33. The molecule has 0 saturated heterocycles. The molecule has 6 heteroatoms. The molecular formula is C9H10N4O2. The van der Waals surface area contributed by atoms with Gasteiger partial charge >= 0.3 is 5.97 Å². The largest absolute Gasteiger partial charge is 0.480 e. The first kappa shape index (κ1) is 10.9. The molecular weight excluding hydrogens is 196 g/mol. The van der Waals surface area contributed by atoms with Crippen molar-refractivity contribution in [1.82, 2.24) is 10.2 Å². The molecule has 1 aromatic rings. The lowest BCUT2D eigenvalue weighted by Crippen LogP contribution is -2.30. The zero-order valence-corrected chi connectivity index (χ0v) is 8.21. The fourth-order valence-corrected chi connectivity index (χ4v) is 1.14. The molecule has 1 aromatic heterocycles. The predicted octanol–water partition coefficient (Wildman–Crippen LogP) is 0.259. The first-order valence-corrected chi connectivity index (χ1v) is 4.37. The second-order valence-corrected chi connectivity index (χ2v) is 2.79. The molecule has 6 nitrogen and oxygen atoms in total. The number of aliphatic carboxylic acids is 1. The van der Waals surface area contributed by atoms with Gasteiger partial charge in [-0.05, 0) is 13.0 Å². The van der Waals surface area contributed by atoms with E-state index in [1.807, 2.05) is 6.07 Å². The first-order chi connectivity index (χ1) is 7.19. The summed E-state index contributed by atoms with van der Waals surface area (Å²) in [6, 6.07) is 3.45. The van der Waals surface area contributed by atoms with Crippen LogP contribution in [-0.4, -0.2) is 34.4 Å². The van der Waals surface area contributed by atoms with Crippen LogP contribution in [0.1, 0.15) is 12.5 Å². The Kier molecular flexibility index (Phi) is 3.57. The van der Waals surface area contributed by atoms with E-state index >= 15 is 0 Å². The maximum Gasteiger partial charge on any atom is 0.323 e. The van der Waals surface area contributed by atoms with E-state index in [0.29, 0.717) is 17.9 Å². The smallest absolute Gasteiger partial charge is 0.323 e. The number of hydrogen-bond donors (Lipinski definition) is 1. The molecule has 0 amide bonds. The van der Waals surface area contributed by atoms with E-state index in [0.717, 1.165) is 0 Å². The molecule has 0 atom stereocenters. The summed E-state index contributed by atoms with van der Waals surface area (Å²) in [5.41, 5.74) is 0.327. The Morgan fingerprint density at radius 2 is 2.47 bits per heavy atom. The van der Waals surface area contributed by atoms with Gasteiger partial charge in [0.25, 0.3) is 0 Å². The quantitative estimate of drug-likeness (QED) is 0.759. The third kappa shape index (κ3) is 2.64. The fourth-order valence-electron chi connectivity index (χ4n) is 1.14. The summed E-state index contributed by atoms with van der Waals surface area (Å²) >= 11 is 0. The molecule has 78 valence electrons. The van der Waals surface area contributed by atoms with Gasteiger partial charge in [0.2, 0.25) is 0 Å². The van der Waals surface area contributed by atoms with Crippen molar-refractivity contribution in [2.75, 3.05) is 18.0 Å². The van der Waals surface area contributed by atoms with Crippen molar-refractivity contribution in [3.8, 4) is 6.07 Å². The second kappa shape index (κ2) is 4.91. The van der Waals surface area contributed by atoms with Crippen LogP contribution in [0.5, 0.6) is 0 Å². The molecule has 0 aliphatic rings. The minimum Gasteiger partial charge on any atom is -0.480 e. The van der Waals surface area contributed by atoms with Crippen molar-refractivity contribution in [3.05, 3.63) is 17.8 Å². The monoisotopic (exact) mass is 206 g/mol. The van der Waals surface area contributed by atoms with Crippen molar-refractivity contribution >= 4 is 11.8 Å². The fraction of sp³-hybridized carbons (Fsp3) is 0.333. The molecule has 1 heterocycles. The van der Waals surface area contributed by atoms with Gasteiger partial charge in [-0.1, -0.05) is 0 Å². The number of carboxylic acid groups (broad SMARTS) is 1. The Morgan fingerprint density at radius 3 is 3.00 bits per heavy atom. The summed E-state index contributed by atoms with van der Waals surface area (Å²) in [4.78, 5) is 12.0. The molecule has 0 aliphatic heterocycles. The average molecular weight is 206 g/mol. The minimum atomic E-state index is -0.966. The maximum atomic E-state index is 10.6. The van der Waals surface area contributed by atoms with Gasteiger partial charge in [-0.3, -0.25) is 4.79 Å². The Bertz CT molecular complexity index is 399. The van der Waals surface area contributed by atoms with E-state index < -0.39 is 5.97 Å². The van der Waals surface area contributed by atoms with Crippen LogP contribution in [0, 0.1) is 11.3 Å². The summed E-state index contributed by atoms with van der Waals surface area (Å²) in [5, 5.41) is 24.9. The van der Waals surface area contributed by atoms with Gasteiger partial charge in [-0.15, -0.1) is 5.10 Å². The van der Waals surface area contributed by atoms with Crippen LogP contribution in [0.4, 0.5) is 5.82 Å². The molecule has 1 rings (SSSR count). The maximum absolute atomic E-state index is 10.6. The second-order valence-electron chi connectivity index (χ2n) is 2.79. The Labute approximate surface area is 86.8 Å². The average Bonchev–Trinajstić information content (AvgIpc) is 2.25. The molecule has 0 bridgehead atoms. The topological polar surface area (TPSA) is 90.1 Å². The summed E-state index contributed by atoms with van der Waals surface area (Å²) in [6.07, 6.45) is 1.40. The number of nitriles is 1. The molecule has 1 N–H and O–H groups in total. The van der Waals surface area contributed by atoms with E-state index in [4.69, 9.17) is 10.4 Å². The van der Waals surface area contributed by atoms with Gasteiger partial charge in [0.1, 0.15) is 12.6 Å². The number of likely N-dealkylation sites (N-methyl/N-ethyl adjacent to an activating group) is 1.